The second kappa shape index (κ2) is 5.53. The minimum Gasteiger partial charge on any atom is -0.325 e. The highest BCUT2D eigenvalue weighted by atomic mass is 35.5. The van der Waals surface area contributed by atoms with Crippen LogP contribution in [0, 0.1) is 6.92 Å². The predicted octanol–water partition coefficient (Wildman–Crippen LogP) is 5.12. The number of halogens is 3. The number of alkyl halides is 1. The molecule has 5 heteroatoms. The van der Waals surface area contributed by atoms with Gasteiger partial charge in [0.2, 0.25) is 5.91 Å². The highest BCUT2D eigenvalue weighted by Gasteiger charge is 2.24. The van der Waals surface area contributed by atoms with Gasteiger partial charge in [-0.1, -0.05) is 41.4 Å². The van der Waals surface area contributed by atoms with Crippen LogP contribution in [0.5, 0.6) is 0 Å². The zero-order valence-electron chi connectivity index (χ0n) is 11.2. The van der Waals surface area contributed by atoms with Crippen molar-refractivity contribution in [1.82, 2.24) is 0 Å². The van der Waals surface area contributed by atoms with Crippen molar-refractivity contribution in [3.8, 4) is 0 Å². The van der Waals surface area contributed by atoms with Crippen LogP contribution in [0.25, 0.3) is 0 Å². The molecular formula is C16H12Cl3NO. The van der Waals surface area contributed by atoms with Crippen molar-refractivity contribution >= 4 is 46.4 Å². The summed E-state index contributed by atoms with van der Waals surface area (Å²) >= 11 is 19.2. The molecule has 1 heterocycles. The fourth-order valence-corrected chi connectivity index (χ4v) is 3.48. The molecule has 1 unspecified atom stereocenters. The van der Waals surface area contributed by atoms with E-state index in [9.17, 15) is 4.79 Å². The number of nitrogens with one attached hydrogen (secondary N) is 1. The Morgan fingerprint density at radius 2 is 1.95 bits per heavy atom. The average Bonchev–Trinajstić information content (AvgIpc) is 2.79. The third-order valence-electron chi connectivity index (χ3n) is 3.62. The zero-order valence-corrected chi connectivity index (χ0v) is 13.5. The molecular weight excluding hydrogens is 329 g/mol. The van der Waals surface area contributed by atoms with Gasteiger partial charge in [-0.15, -0.1) is 11.6 Å². The molecule has 1 atom stereocenters. The standard InChI is InChI=1S/C16H12Cl3NO/c1-8-3-2-4-10(15(8)18)16(19)11-5-9-6-14(21)20-13(9)7-12(11)17/h2-5,7,16H,6H2,1H3,(H,20,21). The van der Waals surface area contributed by atoms with E-state index >= 15 is 0 Å². The predicted molar refractivity (Wildman–Crippen MR) is 87.7 cm³/mol. The van der Waals surface area contributed by atoms with Gasteiger partial charge in [-0.25, -0.2) is 0 Å². The van der Waals surface area contributed by atoms with E-state index in [-0.39, 0.29) is 5.91 Å². The van der Waals surface area contributed by atoms with Gasteiger partial charge < -0.3 is 5.32 Å². The van der Waals surface area contributed by atoms with Crippen LogP contribution in [0.2, 0.25) is 10.0 Å². The van der Waals surface area contributed by atoms with Gasteiger partial charge in [0.1, 0.15) is 0 Å². The Morgan fingerprint density at radius 1 is 1.19 bits per heavy atom. The Labute approximate surface area is 138 Å². The fraction of sp³-hybridized carbons (Fsp3) is 0.188. The maximum atomic E-state index is 11.5. The molecule has 0 aliphatic carbocycles. The number of amides is 1. The largest absolute Gasteiger partial charge is 0.325 e. The van der Waals surface area contributed by atoms with Gasteiger partial charge in [0, 0.05) is 15.7 Å². The first kappa shape index (κ1) is 14.7. The maximum Gasteiger partial charge on any atom is 0.228 e. The van der Waals surface area contributed by atoms with Gasteiger partial charge in [-0.3, -0.25) is 4.79 Å². The van der Waals surface area contributed by atoms with Crippen LogP contribution in [-0.4, -0.2) is 5.91 Å². The van der Waals surface area contributed by atoms with E-state index in [0.29, 0.717) is 16.5 Å². The van der Waals surface area contributed by atoms with E-state index in [0.717, 1.165) is 27.9 Å². The van der Waals surface area contributed by atoms with Crippen molar-refractivity contribution in [3.05, 3.63) is 62.6 Å². The Hall–Kier alpha value is -1.22. The molecule has 1 aliphatic rings. The second-order valence-electron chi connectivity index (χ2n) is 5.10. The third kappa shape index (κ3) is 2.64. The molecule has 108 valence electrons. The van der Waals surface area contributed by atoms with Gasteiger partial charge in [0.15, 0.2) is 0 Å². The van der Waals surface area contributed by atoms with E-state index in [4.69, 9.17) is 34.8 Å². The van der Waals surface area contributed by atoms with Crippen LogP contribution >= 0.6 is 34.8 Å². The summed E-state index contributed by atoms with van der Waals surface area (Å²) in [5, 5.41) is 3.48. The lowest BCUT2D eigenvalue weighted by atomic mass is 9.99. The zero-order chi connectivity index (χ0) is 15.1. The van der Waals surface area contributed by atoms with Crippen LogP contribution in [0.1, 0.15) is 27.6 Å². The van der Waals surface area contributed by atoms with Gasteiger partial charge in [-0.05, 0) is 41.3 Å². The lowest BCUT2D eigenvalue weighted by Crippen LogP contribution is -2.03. The summed E-state index contributed by atoms with van der Waals surface area (Å²) in [6.45, 7) is 1.93. The number of fused-ring (bicyclic) bond motifs is 1. The number of hydrogen-bond donors (Lipinski definition) is 1. The van der Waals surface area contributed by atoms with Gasteiger partial charge in [-0.2, -0.15) is 0 Å². The van der Waals surface area contributed by atoms with Gasteiger partial charge in [0.25, 0.3) is 0 Å². The van der Waals surface area contributed by atoms with Crippen molar-refractivity contribution in [3.63, 3.8) is 0 Å². The van der Waals surface area contributed by atoms with Crippen LogP contribution in [0.4, 0.5) is 5.69 Å². The average molecular weight is 341 g/mol. The molecule has 0 radical (unpaired) electrons. The van der Waals surface area contributed by atoms with E-state index in [1.54, 1.807) is 6.07 Å². The molecule has 2 nitrogen and oxygen atoms in total. The number of carbonyl (C=O) groups is 1. The first-order chi connectivity index (χ1) is 9.97. The topological polar surface area (TPSA) is 29.1 Å². The molecule has 0 fully saturated rings. The normalized spacial score (nSPS) is 14.8. The quantitative estimate of drug-likeness (QED) is 0.755. The lowest BCUT2D eigenvalue weighted by Gasteiger charge is -2.16. The Balaban J connectivity index is 2.06. The summed E-state index contributed by atoms with van der Waals surface area (Å²) in [5.74, 6) is -0.0297. The Bertz CT molecular complexity index is 743. The first-order valence-electron chi connectivity index (χ1n) is 6.48. The lowest BCUT2D eigenvalue weighted by molar-refractivity contribution is -0.115. The SMILES string of the molecule is Cc1cccc(C(Cl)c2cc3c(cc2Cl)NC(=O)C3)c1Cl. The minimum atomic E-state index is -0.453. The molecule has 0 saturated carbocycles. The number of aryl methyl sites for hydroxylation is 1. The van der Waals surface area contributed by atoms with Crippen molar-refractivity contribution < 1.29 is 4.79 Å². The Kier molecular flexibility index (Phi) is 3.87. The number of hydrogen-bond acceptors (Lipinski definition) is 1. The molecule has 0 saturated heterocycles. The van der Waals surface area contributed by atoms with E-state index in [2.05, 4.69) is 5.32 Å². The van der Waals surface area contributed by atoms with Crippen LogP contribution in [-0.2, 0) is 11.2 Å². The molecule has 1 amide bonds. The van der Waals surface area contributed by atoms with Crippen LogP contribution < -0.4 is 5.32 Å². The van der Waals surface area contributed by atoms with Crippen LogP contribution in [0.15, 0.2) is 30.3 Å². The second-order valence-corrected chi connectivity index (χ2v) is 6.32. The number of benzene rings is 2. The molecule has 2 aromatic rings. The smallest absolute Gasteiger partial charge is 0.228 e. The van der Waals surface area contributed by atoms with E-state index < -0.39 is 5.38 Å². The first-order valence-corrected chi connectivity index (χ1v) is 7.68. The van der Waals surface area contributed by atoms with Gasteiger partial charge in [0.05, 0.1) is 11.8 Å². The minimum absolute atomic E-state index is 0.0297. The third-order valence-corrected chi connectivity index (χ3v) is 4.93. The fourth-order valence-electron chi connectivity index (χ4n) is 2.49. The summed E-state index contributed by atoms with van der Waals surface area (Å²) in [7, 11) is 0. The molecule has 0 aromatic heterocycles. The molecule has 3 rings (SSSR count). The summed E-state index contributed by atoms with van der Waals surface area (Å²) in [5.41, 5.74) is 4.22. The maximum absolute atomic E-state index is 11.5. The summed E-state index contributed by atoms with van der Waals surface area (Å²) in [6.07, 6.45) is 0.352. The molecule has 2 aromatic carbocycles. The summed E-state index contributed by atoms with van der Waals surface area (Å²) in [6, 6.07) is 9.36. The van der Waals surface area contributed by atoms with Crippen molar-refractivity contribution in [2.45, 2.75) is 18.7 Å². The van der Waals surface area contributed by atoms with E-state index in [1.807, 2.05) is 31.2 Å². The molecule has 0 spiro atoms. The van der Waals surface area contributed by atoms with Crippen molar-refractivity contribution in [2.24, 2.45) is 0 Å². The summed E-state index contributed by atoms with van der Waals surface area (Å²) in [4.78, 5) is 11.5. The molecule has 1 aliphatic heterocycles. The van der Waals surface area contributed by atoms with Crippen molar-refractivity contribution in [2.75, 3.05) is 5.32 Å². The number of anilines is 1. The molecule has 1 N–H and O–H groups in total. The highest BCUT2D eigenvalue weighted by Crippen LogP contribution is 2.41. The summed E-state index contributed by atoms with van der Waals surface area (Å²) < 4.78 is 0. The monoisotopic (exact) mass is 339 g/mol. The van der Waals surface area contributed by atoms with Crippen molar-refractivity contribution in [1.29, 1.82) is 0 Å². The molecule has 0 bridgehead atoms. The highest BCUT2D eigenvalue weighted by molar-refractivity contribution is 6.35. The van der Waals surface area contributed by atoms with Gasteiger partial charge >= 0.3 is 0 Å². The molecule has 21 heavy (non-hydrogen) atoms. The Morgan fingerprint density at radius 3 is 2.71 bits per heavy atom. The number of rotatable bonds is 2. The number of carbonyl (C=O) groups excluding carboxylic acids is 1. The van der Waals surface area contributed by atoms with E-state index in [1.165, 1.54) is 0 Å². The van der Waals surface area contributed by atoms with Crippen LogP contribution in [0.3, 0.4) is 0 Å².